The SMILES string of the molecule is COC(=O)CC(C)N(CCN(C)C)CC(C)C. The molecule has 0 spiro atoms. The van der Waals surface area contributed by atoms with Crippen molar-refractivity contribution in [3.63, 3.8) is 0 Å². The lowest BCUT2D eigenvalue weighted by atomic mass is 10.1. The van der Waals surface area contributed by atoms with Gasteiger partial charge in [-0.2, -0.15) is 0 Å². The maximum Gasteiger partial charge on any atom is 0.307 e. The molecule has 0 heterocycles. The first kappa shape index (κ1) is 16.4. The number of rotatable bonds is 8. The number of carbonyl (C=O) groups excluding carboxylic acids is 1. The number of nitrogens with zero attached hydrogens (tertiary/aromatic N) is 2. The van der Waals surface area contributed by atoms with Crippen molar-refractivity contribution >= 4 is 5.97 Å². The van der Waals surface area contributed by atoms with Crippen LogP contribution in [0.5, 0.6) is 0 Å². The van der Waals surface area contributed by atoms with E-state index in [1.165, 1.54) is 7.11 Å². The second-order valence-electron chi connectivity index (χ2n) is 5.32. The summed E-state index contributed by atoms with van der Waals surface area (Å²) in [5.41, 5.74) is 0. The number of methoxy groups -OCH3 is 1. The summed E-state index contributed by atoms with van der Waals surface area (Å²) < 4.78 is 4.73. The minimum atomic E-state index is -0.129. The van der Waals surface area contributed by atoms with Gasteiger partial charge in [0, 0.05) is 25.7 Å². The summed E-state index contributed by atoms with van der Waals surface area (Å²) in [7, 11) is 5.58. The Morgan fingerprint density at radius 3 is 2.18 bits per heavy atom. The van der Waals surface area contributed by atoms with Crippen LogP contribution in [0, 0.1) is 5.92 Å². The Bertz CT molecular complexity index is 217. The molecule has 0 aliphatic carbocycles. The third-order valence-corrected chi connectivity index (χ3v) is 2.75. The van der Waals surface area contributed by atoms with Crippen molar-refractivity contribution in [1.82, 2.24) is 9.80 Å². The van der Waals surface area contributed by atoms with Gasteiger partial charge in [0.05, 0.1) is 13.5 Å². The van der Waals surface area contributed by atoms with Gasteiger partial charge in [0.2, 0.25) is 0 Å². The molecular weight excluding hydrogens is 216 g/mol. The van der Waals surface area contributed by atoms with E-state index in [1.807, 2.05) is 0 Å². The Morgan fingerprint density at radius 1 is 1.18 bits per heavy atom. The molecule has 0 aromatic carbocycles. The molecule has 1 unspecified atom stereocenters. The van der Waals surface area contributed by atoms with E-state index >= 15 is 0 Å². The van der Waals surface area contributed by atoms with Crippen molar-refractivity contribution in [1.29, 1.82) is 0 Å². The van der Waals surface area contributed by atoms with Gasteiger partial charge in [-0.15, -0.1) is 0 Å². The highest BCUT2D eigenvalue weighted by molar-refractivity contribution is 5.69. The number of esters is 1. The molecule has 4 nitrogen and oxygen atoms in total. The van der Waals surface area contributed by atoms with Gasteiger partial charge in [0.25, 0.3) is 0 Å². The van der Waals surface area contributed by atoms with Crippen molar-refractivity contribution in [2.45, 2.75) is 33.2 Å². The molecule has 0 amide bonds. The fraction of sp³-hybridized carbons (Fsp3) is 0.923. The molecule has 0 rings (SSSR count). The second-order valence-corrected chi connectivity index (χ2v) is 5.32. The zero-order valence-electron chi connectivity index (χ0n) is 12.2. The first-order valence-electron chi connectivity index (χ1n) is 6.32. The van der Waals surface area contributed by atoms with Gasteiger partial charge in [-0.3, -0.25) is 9.69 Å². The van der Waals surface area contributed by atoms with Crippen LogP contribution in [0.25, 0.3) is 0 Å². The molecule has 17 heavy (non-hydrogen) atoms. The monoisotopic (exact) mass is 244 g/mol. The molecule has 0 N–H and O–H groups in total. The van der Waals surface area contributed by atoms with Crippen molar-refractivity contribution in [3.8, 4) is 0 Å². The quantitative estimate of drug-likeness (QED) is 0.605. The van der Waals surface area contributed by atoms with E-state index in [1.54, 1.807) is 0 Å². The summed E-state index contributed by atoms with van der Waals surface area (Å²) >= 11 is 0. The van der Waals surface area contributed by atoms with E-state index in [2.05, 4.69) is 44.7 Å². The molecule has 1 atom stereocenters. The smallest absolute Gasteiger partial charge is 0.307 e. The lowest BCUT2D eigenvalue weighted by Gasteiger charge is -2.31. The lowest BCUT2D eigenvalue weighted by Crippen LogP contribution is -2.41. The third kappa shape index (κ3) is 8.16. The van der Waals surface area contributed by atoms with Crippen LogP contribution >= 0.6 is 0 Å². The largest absolute Gasteiger partial charge is 0.469 e. The number of likely N-dealkylation sites (N-methyl/N-ethyl adjacent to an activating group) is 1. The molecule has 4 heteroatoms. The van der Waals surface area contributed by atoms with Gasteiger partial charge in [-0.05, 0) is 26.9 Å². The standard InChI is InChI=1S/C13H28N2O2/c1-11(2)10-15(8-7-14(4)5)12(3)9-13(16)17-6/h11-12H,7-10H2,1-6H3. The highest BCUT2D eigenvalue weighted by atomic mass is 16.5. The summed E-state index contributed by atoms with van der Waals surface area (Å²) in [4.78, 5) is 15.8. The molecule has 0 radical (unpaired) electrons. The summed E-state index contributed by atoms with van der Waals surface area (Å²) in [6.45, 7) is 9.52. The second kappa shape index (κ2) is 8.48. The van der Waals surface area contributed by atoms with Crippen molar-refractivity contribution in [2.24, 2.45) is 5.92 Å². The first-order chi connectivity index (χ1) is 7.86. The summed E-state index contributed by atoms with van der Waals surface area (Å²) in [6.07, 6.45) is 0.469. The maximum atomic E-state index is 11.3. The molecule has 0 aliphatic heterocycles. The fourth-order valence-electron chi connectivity index (χ4n) is 1.74. The Balaban J connectivity index is 4.28. The van der Waals surface area contributed by atoms with Crippen LogP contribution in [-0.4, -0.2) is 62.7 Å². The van der Waals surface area contributed by atoms with E-state index in [0.29, 0.717) is 12.3 Å². The minimum Gasteiger partial charge on any atom is -0.469 e. The zero-order chi connectivity index (χ0) is 13.4. The highest BCUT2D eigenvalue weighted by Gasteiger charge is 2.18. The normalized spacial score (nSPS) is 13.5. The van der Waals surface area contributed by atoms with E-state index in [9.17, 15) is 4.79 Å². The number of ether oxygens (including phenoxy) is 1. The third-order valence-electron chi connectivity index (χ3n) is 2.75. The molecule has 0 aromatic heterocycles. The van der Waals surface area contributed by atoms with Crippen LogP contribution in [0.1, 0.15) is 27.2 Å². The van der Waals surface area contributed by atoms with Crippen LogP contribution in [0.2, 0.25) is 0 Å². The van der Waals surface area contributed by atoms with Gasteiger partial charge in [-0.1, -0.05) is 13.8 Å². The van der Waals surface area contributed by atoms with Gasteiger partial charge >= 0.3 is 5.97 Å². The summed E-state index contributed by atoms with van der Waals surface area (Å²) in [6, 6.07) is 0.241. The fourth-order valence-corrected chi connectivity index (χ4v) is 1.74. The van der Waals surface area contributed by atoms with Gasteiger partial charge in [0.15, 0.2) is 0 Å². The summed E-state index contributed by atoms with van der Waals surface area (Å²) in [5, 5.41) is 0. The van der Waals surface area contributed by atoms with Crippen molar-refractivity contribution in [3.05, 3.63) is 0 Å². The average molecular weight is 244 g/mol. The molecular formula is C13H28N2O2. The Morgan fingerprint density at radius 2 is 1.76 bits per heavy atom. The van der Waals surface area contributed by atoms with Crippen LogP contribution < -0.4 is 0 Å². The highest BCUT2D eigenvalue weighted by Crippen LogP contribution is 2.08. The van der Waals surface area contributed by atoms with E-state index in [4.69, 9.17) is 4.74 Å². The van der Waals surface area contributed by atoms with Crippen LogP contribution in [0.3, 0.4) is 0 Å². The Labute approximate surface area is 106 Å². The van der Waals surface area contributed by atoms with Crippen molar-refractivity contribution in [2.75, 3.05) is 40.8 Å². The summed E-state index contributed by atoms with van der Waals surface area (Å²) in [5.74, 6) is 0.480. The molecule has 0 bridgehead atoms. The van der Waals surface area contributed by atoms with Gasteiger partial charge < -0.3 is 9.64 Å². The molecule has 0 saturated heterocycles. The van der Waals surface area contributed by atoms with E-state index in [0.717, 1.165) is 19.6 Å². The van der Waals surface area contributed by atoms with Gasteiger partial charge in [0.1, 0.15) is 0 Å². The van der Waals surface area contributed by atoms with Crippen LogP contribution in [-0.2, 0) is 9.53 Å². The predicted octanol–water partition coefficient (Wildman–Crippen LogP) is 1.46. The molecule has 0 saturated carbocycles. The van der Waals surface area contributed by atoms with Gasteiger partial charge in [-0.25, -0.2) is 0 Å². The van der Waals surface area contributed by atoms with Crippen LogP contribution in [0.15, 0.2) is 0 Å². The Kier molecular flexibility index (Phi) is 8.17. The minimum absolute atomic E-state index is 0.129. The maximum absolute atomic E-state index is 11.3. The first-order valence-corrected chi connectivity index (χ1v) is 6.32. The predicted molar refractivity (Wildman–Crippen MR) is 71.1 cm³/mol. The van der Waals surface area contributed by atoms with E-state index in [-0.39, 0.29) is 12.0 Å². The average Bonchev–Trinajstić information content (AvgIpc) is 2.22. The molecule has 0 aliphatic rings. The lowest BCUT2D eigenvalue weighted by molar-refractivity contribution is -0.142. The topological polar surface area (TPSA) is 32.8 Å². The number of hydrogen-bond acceptors (Lipinski definition) is 4. The number of carbonyl (C=O) groups is 1. The van der Waals surface area contributed by atoms with E-state index < -0.39 is 0 Å². The Hall–Kier alpha value is -0.610. The zero-order valence-corrected chi connectivity index (χ0v) is 12.2. The van der Waals surface area contributed by atoms with Crippen LogP contribution in [0.4, 0.5) is 0 Å². The molecule has 102 valence electrons. The van der Waals surface area contributed by atoms with Crippen molar-refractivity contribution < 1.29 is 9.53 Å². The molecule has 0 fully saturated rings. The number of hydrogen-bond donors (Lipinski definition) is 0. The molecule has 0 aromatic rings.